The number of imidazole rings is 1. The molecule has 0 aliphatic heterocycles. The van der Waals surface area contributed by atoms with Crippen LogP contribution in [0.15, 0.2) is 72.8 Å². The zero-order chi connectivity index (χ0) is 21.5. The van der Waals surface area contributed by atoms with Crippen molar-refractivity contribution in [3.8, 4) is 11.5 Å². The molecule has 0 aliphatic rings. The van der Waals surface area contributed by atoms with Gasteiger partial charge in [-0.3, -0.25) is 0 Å². The molecule has 0 spiro atoms. The SMILES string of the molecule is CCc1ccc(OCc2nc3ccccc3n2CCCCOc2ccc(C)cc2)cc1. The van der Waals surface area contributed by atoms with Crippen LogP contribution in [0.25, 0.3) is 11.0 Å². The first kappa shape index (κ1) is 21.0. The van der Waals surface area contributed by atoms with Crippen LogP contribution in [0, 0.1) is 6.92 Å². The van der Waals surface area contributed by atoms with E-state index in [0.717, 1.165) is 54.2 Å². The molecule has 0 N–H and O–H groups in total. The van der Waals surface area contributed by atoms with Crippen molar-refractivity contribution in [3.63, 3.8) is 0 Å². The van der Waals surface area contributed by atoms with Gasteiger partial charge in [0.15, 0.2) is 0 Å². The number of fused-ring (bicyclic) bond motifs is 1. The molecular weight excluding hydrogens is 384 g/mol. The maximum atomic E-state index is 6.05. The smallest absolute Gasteiger partial charge is 0.147 e. The van der Waals surface area contributed by atoms with Crippen molar-refractivity contribution in [2.24, 2.45) is 0 Å². The molecule has 0 fully saturated rings. The second-order valence-electron chi connectivity index (χ2n) is 7.82. The number of hydrogen-bond donors (Lipinski definition) is 0. The Bertz CT molecular complexity index is 1100. The molecular formula is C27H30N2O2. The Morgan fingerprint density at radius 3 is 2.29 bits per heavy atom. The fraction of sp³-hybridized carbons (Fsp3) is 0.296. The first-order valence-electron chi connectivity index (χ1n) is 11.1. The average Bonchev–Trinajstić information content (AvgIpc) is 3.16. The predicted octanol–water partition coefficient (Wildman–Crippen LogP) is 6.35. The molecule has 4 nitrogen and oxygen atoms in total. The number of rotatable bonds is 10. The van der Waals surface area contributed by atoms with E-state index in [4.69, 9.17) is 14.5 Å². The molecule has 4 rings (SSSR count). The van der Waals surface area contributed by atoms with Crippen LogP contribution in [0.5, 0.6) is 11.5 Å². The molecule has 4 aromatic rings. The molecule has 0 amide bonds. The van der Waals surface area contributed by atoms with Gasteiger partial charge in [-0.1, -0.05) is 48.9 Å². The van der Waals surface area contributed by atoms with Gasteiger partial charge in [-0.15, -0.1) is 0 Å². The Labute approximate surface area is 184 Å². The summed E-state index contributed by atoms with van der Waals surface area (Å²) in [6.45, 7) is 6.31. The van der Waals surface area contributed by atoms with Gasteiger partial charge < -0.3 is 14.0 Å². The van der Waals surface area contributed by atoms with Crippen LogP contribution >= 0.6 is 0 Å². The number of para-hydroxylation sites is 2. The van der Waals surface area contributed by atoms with Crippen molar-refractivity contribution in [3.05, 3.63) is 89.7 Å². The fourth-order valence-electron chi connectivity index (χ4n) is 3.65. The van der Waals surface area contributed by atoms with Gasteiger partial charge in [0.1, 0.15) is 23.9 Å². The third-order valence-electron chi connectivity index (χ3n) is 5.50. The minimum atomic E-state index is 0.458. The number of unbranched alkanes of at least 4 members (excludes halogenated alkanes) is 1. The van der Waals surface area contributed by atoms with Crippen LogP contribution in [0.2, 0.25) is 0 Å². The van der Waals surface area contributed by atoms with Gasteiger partial charge in [0.2, 0.25) is 0 Å². The average molecular weight is 415 g/mol. The number of ether oxygens (including phenoxy) is 2. The van der Waals surface area contributed by atoms with Gasteiger partial charge in [-0.2, -0.15) is 0 Å². The van der Waals surface area contributed by atoms with Gasteiger partial charge in [0.25, 0.3) is 0 Å². The zero-order valence-corrected chi connectivity index (χ0v) is 18.4. The first-order valence-corrected chi connectivity index (χ1v) is 11.1. The van der Waals surface area contributed by atoms with Crippen molar-refractivity contribution >= 4 is 11.0 Å². The first-order chi connectivity index (χ1) is 15.2. The third kappa shape index (κ3) is 5.46. The van der Waals surface area contributed by atoms with E-state index < -0.39 is 0 Å². The molecule has 160 valence electrons. The Morgan fingerprint density at radius 1 is 0.806 bits per heavy atom. The lowest BCUT2D eigenvalue weighted by molar-refractivity contribution is 0.285. The lowest BCUT2D eigenvalue weighted by atomic mass is 10.2. The summed E-state index contributed by atoms with van der Waals surface area (Å²) >= 11 is 0. The summed E-state index contributed by atoms with van der Waals surface area (Å²) in [4.78, 5) is 4.82. The fourth-order valence-corrected chi connectivity index (χ4v) is 3.65. The van der Waals surface area contributed by atoms with Crippen LogP contribution in [0.3, 0.4) is 0 Å². The number of nitrogens with zero attached hydrogens (tertiary/aromatic N) is 2. The highest BCUT2D eigenvalue weighted by Crippen LogP contribution is 2.20. The van der Waals surface area contributed by atoms with E-state index in [1.807, 2.05) is 30.3 Å². The van der Waals surface area contributed by atoms with E-state index >= 15 is 0 Å². The molecule has 0 unspecified atom stereocenters. The van der Waals surface area contributed by atoms with E-state index in [2.05, 4.69) is 60.9 Å². The van der Waals surface area contributed by atoms with Crippen molar-refractivity contribution in [2.45, 2.75) is 46.3 Å². The Balaban J connectivity index is 1.36. The minimum absolute atomic E-state index is 0.458. The van der Waals surface area contributed by atoms with Crippen LogP contribution in [-0.4, -0.2) is 16.2 Å². The summed E-state index contributed by atoms with van der Waals surface area (Å²) in [5, 5.41) is 0. The molecule has 1 heterocycles. The highest BCUT2D eigenvalue weighted by atomic mass is 16.5. The lowest BCUT2D eigenvalue weighted by Crippen LogP contribution is -2.09. The molecule has 31 heavy (non-hydrogen) atoms. The van der Waals surface area contributed by atoms with Crippen LogP contribution in [-0.2, 0) is 19.6 Å². The quantitative estimate of drug-likeness (QED) is 0.284. The summed E-state index contributed by atoms with van der Waals surface area (Å²) in [6.07, 6.45) is 3.03. The molecule has 0 aliphatic carbocycles. The Kier molecular flexibility index (Phi) is 6.88. The number of aromatic nitrogens is 2. The van der Waals surface area contributed by atoms with Crippen molar-refractivity contribution in [1.29, 1.82) is 0 Å². The second-order valence-corrected chi connectivity index (χ2v) is 7.82. The van der Waals surface area contributed by atoms with E-state index in [9.17, 15) is 0 Å². The molecule has 0 saturated carbocycles. The summed E-state index contributed by atoms with van der Waals surface area (Å²) in [5.41, 5.74) is 4.73. The Morgan fingerprint density at radius 2 is 1.52 bits per heavy atom. The molecule has 0 radical (unpaired) electrons. The molecule has 4 heteroatoms. The van der Waals surface area contributed by atoms with E-state index in [1.165, 1.54) is 11.1 Å². The third-order valence-corrected chi connectivity index (χ3v) is 5.50. The summed E-state index contributed by atoms with van der Waals surface area (Å²) in [7, 11) is 0. The number of hydrogen-bond acceptors (Lipinski definition) is 3. The van der Waals surface area contributed by atoms with Crippen molar-refractivity contribution in [2.75, 3.05) is 6.61 Å². The van der Waals surface area contributed by atoms with Gasteiger partial charge in [-0.25, -0.2) is 4.98 Å². The summed E-state index contributed by atoms with van der Waals surface area (Å²) in [5.74, 6) is 2.77. The number of benzene rings is 3. The maximum Gasteiger partial charge on any atom is 0.147 e. The summed E-state index contributed by atoms with van der Waals surface area (Å²) in [6, 6.07) is 24.8. The highest BCUT2D eigenvalue weighted by molar-refractivity contribution is 5.75. The predicted molar refractivity (Wildman–Crippen MR) is 126 cm³/mol. The van der Waals surface area contributed by atoms with Crippen LogP contribution in [0.1, 0.15) is 36.7 Å². The largest absolute Gasteiger partial charge is 0.494 e. The van der Waals surface area contributed by atoms with Crippen molar-refractivity contribution < 1.29 is 9.47 Å². The standard InChI is InChI=1S/C27H30N2O2/c1-3-22-12-16-24(17-13-22)31-20-27-28-25-8-4-5-9-26(25)29(27)18-6-7-19-30-23-14-10-21(2)11-15-23/h4-5,8-17H,3,6-7,18-20H2,1-2H3. The molecule has 3 aromatic carbocycles. The number of aryl methyl sites for hydroxylation is 3. The van der Waals surface area contributed by atoms with E-state index in [-0.39, 0.29) is 0 Å². The molecule has 1 aromatic heterocycles. The van der Waals surface area contributed by atoms with Crippen molar-refractivity contribution in [1.82, 2.24) is 9.55 Å². The molecule has 0 atom stereocenters. The van der Waals surface area contributed by atoms with Gasteiger partial charge in [0.05, 0.1) is 17.6 Å². The summed E-state index contributed by atoms with van der Waals surface area (Å²) < 4.78 is 14.2. The maximum absolute atomic E-state index is 6.05. The lowest BCUT2D eigenvalue weighted by Gasteiger charge is -2.11. The van der Waals surface area contributed by atoms with Crippen LogP contribution < -0.4 is 9.47 Å². The minimum Gasteiger partial charge on any atom is -0.494 e. The van der Waals surface area contributed by atoms with Gasteiger partial charge in [-0.05, 0) is 68.1 Å². The zero-order valence-electron chi connectivity index (χ0n) is 18.4. The van der Waals surface area contributed by atoms with Crippen LogP contribution in [0.4, 0.5) is 0 Å². The second kappa shape index (κ2) is 10.2. The monoisotopic (exact) mass is 414 g/mol. The van der Waals surface area contributed by atoms with E-state index in [1.54, 1.807) is 0 Å². The molecule has 0 bridgehead atoms. The highest BCUT2D eigenvalue weighted by Gasteiger charge is 2.11. The molecule has 0 saturated heterocycles. The topological polar surface area (TPSA) is 36.3 Å². The Hall–Kier alpha value is -3.27. The normalized spacial score (nSPS) is 11.0. The van der Waals surface area contributed by atoms with Gasteiger partial charge >= 0.3 is 0 Å². The van der Waals surface area contributed by atoms with E-state index in [0.29, 0.717) is 13.2 Å². The van der Waals surface area contributed by atoms with Gasteiger partial charge in [0, 0.05) is 6.54 Å².